The molecule has 0 atom stereocenters. The lowest BCUT2D eigenvalue weighted by Crippen LogP contribution is -2.08. The number of nitrogens with one attached hydrogen (secondary N) is 1. The van der Waals surface area contributed by atoms with E-state index in [0.717, 1.165) is 4.88 Å². The largest absolute Gasteiger partial charge is 0.465 e. The first-order valence-corrected chi connectivity index (χ1v) is 6.23. The minimum atomic E-state index is -0.483. The molecular weight excluding hydrogens is 253 g/mol. The Labute approximate surface area is 108 Å². The van der Waals surface area contributed by atoms with E-state index >= 15 is 0 Å². The van der Waals surface area contributed by atoms with Gasteiger partial charge in [-0.3, -0.25) is 0 Å². The van der Waals surface area contributed by atoms with Crippen molar-refractivity contribution in [3.8, 4) is 0 Å². The van der Waals surface area contributed by atoms with E-state index in [0.29, 0.717) is 17.8 Å². The average molecular weight is 265 g/mol. The molecule has 0 fully saturated rings. The predicted molar refractivity (Wildman–Crippen MR) is 69.4 cm³/mol. The molecule has 1 heterocycles. The van der Waals surface area contributed by atoms with Crippen LogP contribution in [0.5, 0.6) is 0 Å². The lowest BCUT2D eigenvalue weighted by molar-refractivity contribution is 0.0602. The second kappa shape index (κ2) is 5.64. The second-order valence-corrected chi connectivity index (χ2v) is 4.65. The molecule has 1 aromatic carbocycles. The average Bonchev–Trinajstić information content (AvgIpc) is 2.88. The first-order valence-electron chi connectivity index (χ1n) is 5.35. The fraction of sp³-hybridized carbons (Fsp3) is 0.154. The quantitative estimate of drug-likeness (QED) is 0.862. The van der Waals surface area contributed by atoms with Crippen LogP contribution in [-0.2, 0) is 11.3 Å². The molecule has 0 spiro atoms. The molecule has 0 aliphatic carbocycles. The molecule has 5 heteroatoms. The number of rotatable bonds is 4. The molecule has 0 aliphatic rings. The Balaban J connectivity index is 2.19. The zero-order chi connectivity index (χ0) is 13.0. The van der Waals surface area contributed by atoms with Crippen molar-refractivity contribution in [2.75, 3.05) is 12.4 Å². The highest BCUT2D eigenvalue weighted by atomic mass is 32.1. The van der Waals surface area contributed by atoms with E-state index in [9.17, 15) is 9.18 Å². The van der Waals surface area contributed by atoms with Crippen LogP contribution in [0.25, 0.3) is 0 Å². The third-order valence-electron chi connectivity index (χ3n) is 2.42. The lowest BCUT2D eigenvalue weighted by atomic mass is 10.1. The molecule has 0 unspecified atom stereocenters. The number of hydrogen-bond donors (Lipinski definition) is 1. The number of hydrogen-bond acceptors (Lipinski definition) is 4. The zero-order valence-electron chi connectivity index (χ0n) is 9.77. The molecule has 1 N–H and O–H groups in total. The van der Waals surface area contributed by atoms with Gasteiger partial charge in [-0.05, 0) is 29.6 Å². The number of thiophene rings is 1. The first kappa shape index (κ1) is 12.6. The molecule has 1 aromatic heterocycles. The number of halogens is 1. The normalized spacial score (nSPS) is 10.1. The van der Waals surface area contributed by atoms with Crippen LogP contribution in [0.4, 0.5) is 10.1 Å². The zero-order valence-corrected chi connectivity index (χ0v) is 10.6. The van der Waals surface area contributed by atoms with Crippen molar-refractivity contribution in [3.63, 3.8) is 0 Å². The summed E-state index contributed by atoms with van der Waals surface area (Å²) >= 11 is 1.59. The number of carbonyl (C=O) groups is 1. The number of benzene rings is 1. The monoisotopic (exact) mass is 265 g/mol. The Morgan fingerprint density at radius 3 is 2.94 bits per heavy atom. The molecule has 0 aliphatic heterocycles. The fourth-order valence-corrected chi connectivity index (χ4v) is 2.19. The van der Waals surface area contributed by atoms with Crippen molar-refractivity contribution in [1.82, 2.24) is 0 Å². The van der Waals surface area contributed by atoms with E-state index in [1.165, 1.54) is 25.3 Å². The van der Waals surface area contributed by atoms with Gasteiger partial charge < -0.3 is 10.1 Å². The molecule has 0 bridgehead atoms. The van der Waals surface area contributed by atoms with Crippen LogP contribution in [0.1, 0.15) is 15.2 Å². The van der Waals surface area contributed by atoms with Gasteiger partial charge in [0.25, 0.3) is 0 Å². The van der Waals surface area contributed by atoms with Gasteiger partial charge in [0.1, 0.15) is 5.82 Å². The maximum Gasteiger partial charge on any atom is 0.339 e. The van der Waals surface area contributed by atoms with Gasteiger partial charge in [-0.1, -0.05) is 6.07 Å². The standard InChI is InChI=1S/C13H12FNO2S/c1-17-13(16)11-5-4-9(14)7-12(11)15-8-10-3-2-6-18-10/h2-7,15H,8H2,1H3. The maximum absolute atomic E-state index is 13.2. The molecule has 0 saturated carbocycles. The van der Waals surface area contributed by atoms with Gasteiger partial charge in [0.15, 0.2) is 0 Å². The summed E-state index contributed by atoms with van der Waals surface area (Å²) in [6.07, 6.45) is 0. The van der Waals surface area contributed by atoms with Gasteiger partial charge >= 0.3 is 5.97 Å². The van der Waals surface area contributed by atoms with Crippen LogP contribution in [0.3, 0.4) is 0 Å². The molecule has 2 aromatic rings. The molecule has 2 rings (SSSR count). The summed E-state index contributed by atoms with van der Waals surface area (Å²) in [5.41, 5.74) is 0.769. The van der Waals surface area contributed by atoms with E-state index in [4.69, 9.17) is 0 Å². The van der Waals surface area contributed by atoms with Crippen LogP contribution < -0.4 is 5.32 Å². The highest BCUT2D eigenvalue weighted by Gasteiger charge is 2.12. The molecular formula is C13H12FNO2S. The predicted octanol–water partition coefficient (Wildman–Crippen LogP) is 3.29. The van der Waals surface area contributed by atoms with Crippen LogP contribution in [0.2, 0.25) is 0 Å². The van der Waals surface area contributed by atoms with Crippen LogP contribution >= 0.6 is 11.3 Å². The van der Waals surface area contributed by atoms with Crippen molar-refractivity contribution < 1.29 is 13.9 Å². The minimum Gasteiger partial charge on any atom is -0.465 e. The third-order valence-corrected chi connectivity index (χ3v) is 3.30. The van der Waals surface area contributed by atoms with E-state index < -0.39 is 11.8 Å². The van der Waals surface area contributed by atoms with Crippen LogP contribution in [0.15, 0.2) is 35.7 Å². The topological polar surface area (TPSA) is 38.3 Å². The summed E-state index contributed by atoms with van der Waals surface area (Å²) in [6, 6.07) is 7.85. The van der Waals surface area contributed by atoms with Crippen molar-refractivity contribution in [3.05, 3.63) is 52.0 Å². The van der Waals surface area contributed by atoms with Gasteiger partial charge in [0, 0.05) is 11.4 Å². The molecule has 18 heavy (non-hydrogen) atoms. The first-order chi connectivity index (χ1) is 8.70. The highest BCUT2D eigenvalue weighted by Crippen LogP contribution is 2.20. The summed E-state index contributed by atoms with van der Waals surface area (Å²) in [5, 5.41) is 5.00. The Morgan fingerprint density at radius 1 is 1.44 bits per heavy atom. The third kappa shape index (κ3) is 2.87. The van der Waals surface area contributed by atoms with Gasteiger partial charge in [-0.25, -0.2) is 9.18 Å². The highest BCUT2D eigenvalue weighted by molar-refractivity contribution is 7.09. The summed E-state index contributed by atoms with van der Waals surface area (Å²) in [4.78, 5) is 12.6. The van der Waals surface area contributed by atoms with E-state index in [-0.39, 0.29) is 0 Å². The smallest absolute Gasteiger partial charge is 0.339 e. The molecule has 0 amide bonds. The van der Waals surface area contributed by atoms with Gasteiger partial charge in [-0.2, -0.15) is 0 Å². The number of carbonyl (C=O) groups excluding carboxylic acids is 1. The van der Waals surface area contributed by atoms with E-state index in [1.807, 2.05) is 17.5 Å². The van der Waals surface area contributed by atoms with E-state index in [2.05, 4.69) is 10.1 Å². The molecule has 0 saturated heterocycles. The number of esters is 1. The van der Waals surface area contributed by atoms with Crippen molar-refractivity contribution >= 4 is 23.0 Å². The van der Waals surface area contributed by atoms with Gasteiger partial charge in [0.2, 0.25) is 0 Å². The molecule has 0 radical (unpaired) electrons. The lowest BCUT2D eigenvalue weighted by Gasteiger charge is -2.10. The van der Waals surface area contributed by atoms with E-state index in [1.54, 1.807) is 11.3 Å². The summed E-state index contributed by atoms with van der Waals surface area (Å²) in [5.74, 6) is -0.875. The maximum atomic E-state index is 13.2. The minimum absolute atomic E-state index is 0.329. The SMILES string of the molecule is COC(=O)c1ccc(F)cc1NCc1cccs1. The summed E-state index contributed by atoms with van der Waals surface area (Å²) < 4.78 is 17.8. The fourth-order valence-electron chi connectivity index (χ4n) is 1.55. The summed E-state index contributed by atoms with van der Waals surface area (Å²) in [7, 11) is 1.30. The number of anilines is 1. The number of methoxy groups -OCH3 is 1. The van der Waals surface area contributed by atoms with Crippen LogP contribution in [0, 0.1) is 5.82 Å². The second-order valence-electron chi connectivity index (χ2n) is 3.61. The Morgan fingerprint density at radius 2 is 2.28 bits per heavy atom. The molecule has 3 nitrogen and oxygen atoms in total. The number of ether oxygens (including phenoxy) is 1. The van der Waals surface area contributed by atoms with Crippen molar-refractivity contribution in [2.24, 2.45) is 0 Å². The Kier molecular flexibility index (Phi) is 3.94. The summed E-state index contributed by atoms with van der Waals surface area (Å²) in [6.45, 7) is 0.547. The van der Waals surface area contributed by atoms with Crippen molar-refractivity contribution in [2.45, 2.75) is 6.54 Å². The van der Waals surface area contributed by atoms with Gasteiger partial charge in [-0.15, -0.1) is 11.3 Å². The Bertz CT molecular complexity index is 540. The van der Waals surface area contributed by atoms with Crippen molar-refractivity contribution in [1.29, 1.82) is 0 Å². The van der Waals surface area contributed by atoms with Crippen LogP contribution in [-0.4, -0.2) is 13.1 Å². The molecule has 94 valence electrons. The van der Waals surface area contributed by atoms with Gasteiger partial charge in [0.05, 0.1) is 18.4 Å². The Hall–Kier alpha value is -1.88.